The van der Waals surface area contributed by atoms with Crippen molar-refractivity contribution < 1.29 is 18.3 Å². The fourth-order valence-corrected chi connectivity index (χ4v) is 4.50. The van der Waals surface area contributed by atoms with E-state index in [0.717, 1.165) is 11.9 Å². The third-order valence-corrected chi connectivity index (χ3v) is 6.29. The van der Waals surface area contributed by atoms with Crippen LogP contribution in [-0.4, -0.2) is 84.0 Å². The van der Waals surface area contributed by atoms with Crippen molar-refractivity contribution in [3.8, 4) is 5.75 Å². The first-order chi connectivity index (χ1) is 17.0. The summed E-state index contributed by atoms with van der Waals surface area (Å²) in [5, 5.41) is 8.77. The molecule has 1 fully saturated rings. The molecular formula is C23H24ClF2N7O2. The van der Waals surface area contributed by atoms with Crippen LogP contribution in [0.5, 0.6) is 5.75 Å². The van der Waals surface area contributed by atoms with Gasteiger partial charge in [-0.25, -0.2) is 18.4 Å². The first-order valence-corrected chi connectivity index (χ1v) is 11.7. The van der Waals surface area contributed by atoms with Crippen molar-refractivity contribution in [2.45, 2.75) is 6.54 Å². The number of amides is 1. The molecule has 12 heteroatoms. The van der Waals surface area contributed by atoms with Gasteiger partial charge in [-0.1, -0.05) is 11.6 Å². The molecule has 0 radical (unpaired) electrons. The molecule has 3 aromatic rings. The number of carbonyl (C=O) groups excluding carboxylic acids is 1. The molecule has 2 aliphatic heterocycles. The highest BCUT2D eigenvalue weighted by Gasteiger charge is 2.26. The average molecular weight is 504 g/mol. The number of nitrogens with one attached hydrogen (secondary N) is 1. The second-order valence-corrected chi connectivity index (χ2v) is 8.58. The maximum absolute atomic E-state index is 14.6. The number of anilines is 1. The molecule has 0 saturated carbocycles. The SMILES string of the molecule is O=C(Cn1nc(C2=NCCN2)c2cccnc21)N1CCN(c2cc(OCCF)c(Cl)cc2F)CC1. The minimum Gasteiger partial charge on any atom is -0.489 e. The number of hydrogen-bond donors (Lipinski definition) is 1. The highest BCUT2D eigenvalue weighted by Crippen LogP contribution is 2.33. The molecule has 1 N–H and O–H groups in total. The van der Waals surface area contributed by atoms with Crippen LogP contribution in [0.15, 0.2) is 35.5 Å². The maximum Gasteiger partial charge on any atom is 0.244 e. The zero-order valence-electron chi connectivity index (χ0n) is 18.9. The molecule has 0 unspecified atom stereocenters. The van der Waals surface area contributed by atoms with E-state index in [2.05, 4.69) is 20.4 Å². The summed E-state index contributed by atoms with van der Waals surface area (Å²) in [6.07, 6.45) is 1.67. The number of carbonyl (C=O) groups is 1. The lowest BCUT2D eigenvalue weighted by Crippen LogP contribution is -2.50. The summed E-state index contributed by atoms with van der Waals surface area (Å²) >= 11 is 6.02. The van der Waals surface area contributed by atoms with E-state index in [-0.39, 0.29) is 29.8 Å². The van der Waals surface area contributed by atoms with E-state index in [0.29, 0.717) is 55.6 Å². The van der Waals surface area contributed by atoms with Crippen LogP contribution < -0.4 is 15.0 Å². The van der Waals surface area contributed by atoms with Crippen LogP contribution >= 0.6 is 11.6 Å². The Morgan fingerprint density at radius 3 is 2.80 bits per heavy atom. The van der Waals surface area contributed by atoms with Gasteiger partial charge in [0.25, 0.3) is 0 Å². The molecule has 2 aromatic heterocycles. The third-order valence-electron chi connectivity index (χ3n) is 6.00. The van der Waals surface area contributed by atoms with Gasteiger partial charge in [-0.3, -0.25) is 9.79 Å². The van der Waals surface area contributed by atoms with E-state index in [1.54, 1.807) is 15.8 Å². The van der Waals surface area contributed by atoms with E-state index in [9.17, 15) is 13.6 Å². The van der Waals surface area contributed by atoms with Crippen molar-refractivity contribution in [3.63, 3.8) is 0 Å². The Labute approximate surface area is 205 Å². The maximum atomic E-state index is 14.6. The first-order valence-electron chi connectivity index (χ1n) is 11.4. The lowest BCUT2D eigenvalue weighted by molar-refractivity contribution is -0.132. The smallest absolute Gasteiger partial charge is 0.244 e. The largest absolute Gasteiger partial charge is 0.489 e. The molecule has 0 bridgehead atoms. The highest BCUT2D eigenvalue weighted by molar-refractivity contribution is 6.32. The molecular weight excluding hydrogens is 480 g/mol. The second-order valence-electron chi connectivity index (χ2n) is 8.18. The number of alkyl halides is 1. The monoisotopic (exact) mass is 503 g/mol. The van der Waals surface area contributed by atoms with Crippen LogP contribution in [-0.2, 0) is 11.3 Å². The first kappa shape index (κ1) is 23.3. The molecule has 1 amide bonds. The van der Waals surface area contributed by atoms with Crippen LogP contribution in [0.3, 0.4) is 0 Å². The molecule has 184 valence electrons. The quantitative estimate of drug-likeness (QED) is 0.532. The number of aliphatic imine (C=N–C) groups is 1. The third kappa shape index (κ3) is 4.72. The van der Waals surface area contributed by atoms with E-state index >= 15 is 0 Å². The number of amidine groups is 1. The predicted molar refractivity (Wildman–Crippen MR) is 129 cm³/mol. The van der Waals surface area contributed by atoms with Gasteiger partial charge in [0.15, 0.2) is 5.65 Å². The minimum absolute atomic E-state index is 0.0390. The minimum atomic E-state index is -0.670. The number of fused-ring (bicyclic) bond motifs is 1. The van der Waals surface area contributed by atoms with Gasteiger partial charge in [-0.05, 0) is 18.2 Å². The van der Waals surface area contributed by atoms with Crippen molar-refractivity contribution >= 4 is 40.1 Å². The number of hydrogen-bond acceptors (Lipinski definition) is 7. The summed E-state index contributed by atoms with van der Waals surface area (Å²) in [5.41, 5.74) is 1.62. The standard InChI is InChI=1S/C23H24ClF2N7O2/c24-16-12-17(26)18(13-19(16)35-11-3-25)31-7-9-32(10-8-31)20(34)14-33-23-15(2-1-4-29-23)21(30-33)22-27-5-6-28-22/h1-2,4,12-13H,3,5-11,14H2,(H,27,28). The van der Waals surface area contributed by atoms with Gasteiger partial charge < -0.3 is 19.9 Å². The number of rotatable bonds is 7. The highest BCUT2D eigenvalue weighted by atomic mass is 35.5. The second kappa shape index (κ2) is 10.0. The summed E-state index contributed by atoms with van der Waals surface area (Å²) in [7, 11) is 0. The Morgan fingerprint density at radius 1 is 1.23 bits per heavy atom. The van der Waals surface area contributed by atoms with Crippen molar-refractivity contribution in [2.75, 3.05) is 57.4 Å². The average Bonchev–Trinajstić information content (AvgIpc) is 3.52. The molecule has 9 nitrogen and oxygen atoms in total. The molecule has 0 aliphatic carbocycles. The number of pyridine rings is 1. The van der Waals surface area contributed by atoms with Crippen LogP contribution in [0.4, 0.5) is 14.5 Å². The Bertz CT molecular complexity index is 1270. The molecule has 35 heavy (non-hydrogen) atoms. The van der Waals surface area contributed by atoms with E-state index in [4.69, 9.17) is 16.3 Å². The van der Waals surface area contributed by atoms with Gasteiger partial charge in [0.05, 0.1) is 22.6 Å². The Morgan fingerprint density at radius 2 is 2.06 bits per heavy atom. The number of piperazine rings is 1. The number of benzene rings is 1. The topological polar surface area (TPSA) is 87.9 Å². The number of aromatic nitrogens is 3. The Hall–Kier alpha value is -3.47. The van der Waals surface area contributed by atoms with E-state index in [1.807, 2.05) is 17.0 Å². The number of nitrogens with zero attached hydrogens (tertiary/aromatic N) is 6. The van der Waals surface area contributed by atoms with Crippen LogP contribution in [0.1, 0.15) is 5.69 Å². The molecule has 4 heterocycles. The number of ether oxygens (including phenoxy) is 1. The molecule has 1 saturated heterocycles. The summed E-state index contributed by atoms with van der Waals surface area (Å²) < 4.78 is 34.0. The van der Waals surface area contributed by atoms with Crippen molar-refractivity contribution in [1.29, 1.82) is 0 Å². The molecule has 0 spiro atoms. The van der Waals surface area contributed by atoms with E-state index < -0.39 is 12.5 Å². The zero-order chi connectivity index (χ0) is 24.4. The van der Waals surface area contributed by atoms with Gasteiger partial charge in [-0.2, -0.15) is 5.10 Å². The van der Waals surface area contributed by atoms with Gasteiger partial charge in [-0.15, -0.1) is 0 Å². The van der Waals surface area contributed by atoms with Gasteiger partial charge in [0.1, 0.15) is 42.9 Å². The summed E-state index contributed by atoms with van der Waals surface area (Å²) in [6.45, 7) is 2.33. The van der Waals surface area contributed by atoms with Gasteiger partial charge in [0.2, 0.25) is 5.91 Å². The van der Waals surface area contributed by atoms with Crippen LogP contribution in [0.2, 0.25) is 5.02 Å². The predicted octanol–water partition coefficient (Wildman–Crippen LogP) is 2.27. The van der Waals surface area contributed by atoms with Crippen molar-refractivity contribution in [2.24, 2.45) is 4.99 Å². The number of halogens is 3. The fraction of sp³-hybridized carbons (Fsp3) is 0.391. The Kier molecular flexibility index (Phi) is 6.67. The molecule has 1 aromatic carbocycles. The van der Waals surface area contributed by atoms with Crippen LogP contribution in [0.25, 0.3) is 11.0 Å². The van der Waals surface area contributed by atoms with E-state index in [1.165, 1.54) is 12.1 Å². The van der Waals surface area contributed by atoms with Crippen LogP contribution in [0, 0.1) is 5.82 Å². The Balaban J connectivity index is 1.27. The fourth-order valence-electron chi connectivity index (χ4n) is 4.30. The van der Waals surface area contributed by atoms with Gasteiger partial charge >= 0.3 is 0 Å². The molecule has 5 rings (SSSR count). The zero-order valence-corrected chi connectivity index (χ0v) is 19.6. The van der Waals surface area contributed by atoms with Crippen molar-refractivity contribution in [3.05, 3.63) is 47.0 Å². The normalized spacial score (nSPS) is 15.9. The lowest BCUT2D eigenvalue weighted by Gasteiger charge is -2.36. The summed E-state index contributed by atoms with van der Waals surface area (Å²) in [6, 6.07) is 6.39. The van der Waals surface area contributed by atoms with Gasteiger partial charge in [0, 0.05) is 45.0 Å². The summed E-state index contributed by atoms with van der Waals surface area (Å²) in [5.74, 6) is 0.348. The van der Waals surface area contributed by atoms with Crippen molar-refractivity contribution in [1.82, 2.24) is 25.0 Å². The molecule has 2 aliphatic rings. The molecule has 0 atom stereocenters. The lowest BCUT2D eigenvalue weighted by atomic mass is 10.2. The summed E-state index contributed by atoms with van der Waals surface area (Å²) in [4.78, 5) is 25.5.